The quantitative estimate of drug-likeness (QED) is 0.0222. The maximum Gasteiger partial charge on any atom is 0.472 e. The first-order valence-corrected chi connectivity index (χ1v) is 37.7. The highest BCUT2D eigenvalue weighted by Crippen LogP contribution is 2.45. The number of unbranched alkanes of at least 4 members (excludes halogenated alkanes) is 30. The van der Waals surface area contributed by atoms with Gasteiger partial charge in [0.1, 0.15) is 19.3 Å². The van der Waals surface area contributed by atoms with Crippen molar-refractivity contribution in [2.75, 3.05) is 39.6 Å². The number of esters is 4. The summed E-state index contributed by atoms with van der Waals surface area (Å²) in [6, 6.07) is 0. The van der Waals surface area contributed by atoms with Crippen molar-refractivity contribution in [1.29, 1.82) is 0 Å². The number of phosphoric acid groups is 2. The molecule has 0 bridgehead atoms. The normalized spacial score (nSPS) is 14.4. The Kier molecular flexibility index (Phi) is 55.7. The molecular weight excluding hydrogens is 1140 g/mol. The van der Waals surface area contributed by atoms with Crippen LogP contribution in [0.2, 0.25) is 0 Å². The van der Waals surface area contributed by atoms with Gasteiger partial charge >= 0.3 is 39.5 Å². The van der Waals surface area contributed by atoms with Crippen molar-refractivity contribution >= 4 is 39.5 Å². The highest BCUT2D eigenvalue weighted by atomic mass is 31.2. The van der Waals surface area contributed by atoms with Crippen LogP contribution in [-0.4, -0.2) is 96.7 Å². The van der Waals surface area contributed by atoms with Gasteiger partial charge in [0.15, 0.2) is 12.2 Å². The molecule has 0 aliphatic heterocycles. The topological polar surface area (TPSA) is 237 Å². The van der Waals surface area contributed by atoms with E-state index in [0.717, 1.165) is 108 Å². The monoisotopic (exact) mass is 1270 g/mol. The number of hydrogen-bond acceptors (Lipinski definition) is 15. The number of hydrogen-bond donors (Lipinski definition) is 3. The molecule has 0 saturated heterocycles. The molecule has 5 atom stereocenters. The summed E-state index contributed by atoms with van der Waals surface area (Å²) in [4.78, 5) is 72.3. The summed E-state index contributed by atoms with van der Waals surface area (Å²) in [7, 11) is -9.89. The molecule has 86 heavy (non-hydrogen) atoms. The van der Waals surface area contributed by atoms with E-state index in [1.165, 1.54) is 122 Å². The van der Waals surface area contributed by atoms with E-state index in [0.29, 0.717) is 37.5 Å². The lowest BCUT2D eigenvalue weighted by molar-refractivity contribution is -0.161. The van der Waals surface area contributed by atoms with Crippen LogP contribution in [0.4, 0.5) is 0 Å². The molecule has 2 unspecified atom stereocenters. The summed E-state index contributed by atoms with van der Waals surface area (Å²) in [5.41, 5.74) is 0. The van der Waals surface area contributed by atoms with Gasteiger partial charge in [0.05, 0.1) is 26.4 Å². The van der Waals surface area contributed by atoms with Crippen LogP contribution in [0.1, 0.15) is 325 Å². The Hall–Kier alpha value is -1.94. The SMILES string of the molecule is CC(C)CCCCCCCCCCCCCCCC(=O)OC[C@H](COP(=O)(O)OC[C@@H](O)COP(=O)(O)OC[C@@H](COC(=O)CCCCCCCCC(C)C)OC(=O)CCCCCCCCCCC(C)C)OC(=O)CCCCCCCCCC(C)C. The van der Waals surface area contributed by atoms with Crippen molar-refractivity contribution in [3.8, 4) is 0 Å². The molecule has 0 heterocycles. The Morgan fingerprint density at radius 1 is 0.291 bits per heavy atom. The lowest BCUT2D eigenvalue weighted by Gasteiger charge is -2.21. The molecule has 510 valence electrons. The third-order valence-corrected chi connectivity index (χ3v) is 17.2. The summed E-state index contributed by atoms with van der Waals surface area (Å²) in [5, 5.41) is 10.5. The Morgan fingerprint density at radius 2 is 0.488 bits per heavy atom. The maximum absolute atomic E-state index is 13.0. The molecule has 0 aromatic carbocycles. The van der Waals surface area contributed by atoms with E-state index in [9.17, 15) is 43.2 Å². The molecule has 0 radical (unpaired) electrons. The van der Waals surface area contributed by atoms with Crippen molar-refractivity contribution < 1.29 is 80.2 Å². The van der Waals surface area contributed by atoms with Gasteiger partial charge in [-0.25, -0.2) is 9.13 Å². The van der Waals surface area contributed by atoms with Crippen LogP contribution in [0.3, 0.4) is 0 Å². The number of ether oxygens (including phenoxy) is 4. The predicted octanol–water partition coefficient (Wildman–Crippen LogP) is 18.5. The third-order valence-electron chi connectivity index (χ3n) is 15.3. The average Bonchev–Trinajstić information content (AvgIpc) is 3.62. The van der Waals surface area contributed by atoms with Crippen LogP contribution in [0.25, 0.3) is 0 Å². The van der Waals surface area contributed by atoms with Gasteiger partial charge in [-0.1, -0.05) is 274 Å². The van der Waals surface area contributed by atoms with Gasteiger partial charge in [-0.2, -0.15) is 0 Å². The van der Waals surface area contributed by atoms with Gasteiger partial charge in [-0.05, 0) is 49.4 Å². The number of aliphatic hydroxyl groups excluding tert-OH is 1. The van der Waals surface area contributed by atoms with E-state index in [-0.39, 0.29) is 25.7 Å². The summed E-state index contributed by atoms with van der Waals surface area (Å²) in [5.74, 6) is 0.746. The van der Waals surface area contributed by atoms with Gasteiger partial charge in [-0.3, -0.25) is 37.3 Å². The molecule has 0 aromatic rings. The average molecular weight is 1270 g/mol. The molecule has 0 saturated carbocycles. The maximum atomic E-state index is 13.0. The molecule has 0 amide bonds. The molecule has 0 spiro atoms. The van der Waals surface area contributed by atoms with Gasteiger partial charge < -0.3 is 33.8 Å². The zero-order chi connectivity index (χ0) is 63.9. The Bertz CT molecular complexity index is 1710. The zero-order valence-corrected chi connectivity index (χ0v) is 57.7. The summed E-state index contributed by atoms with van der Waals surface area (Å²) >= 11 is 0. The molecular formula is C67H130O17P2. The second-order valence-corrected chi connectivity index (χ2v) is 29.0. The van der Waals surface area contributed by atoms with E-state index in [4.69, 9.17) is 37.0 Å². The molecule has 19 heteroatoms. The lowest BCUT2D eigenvalue weighted by atomic mass is 10.0. The number of carbonyl (C=O) groups is 4. The fourth-order valence-electron chi connectivity index (χ4n) is 9.96. The van der Waals surface area contributed by atoms with Crippen LogP contribution in [0.15, 0.2) is 0 Å². The second-order valence-electron chi connectivity index (χ2n) is 26.1. The fraction of sp³-hybridized carbons (Fsp3) is 0.940. The van der Waals surface area contributed by atoms with Crippen molar-refractivity contribution in [3.05, 3.63) is 0 Å². The molecule has 0 fully saturated rings. The minimum absolute atomic E-state index is 0.103. The summed E-state index contributed by atoms with van der Waals surface area (Å²) in [6.07, 6.45) is 37.9. The first-order valence-electron chi connectivity index (χ1n) is 34.7. The summed E-state index contributed by atoms with van der Waals surface area (Å²) < 4.78 is 68.1. The number of rotatable bonds is 64. The molecule has 0 aliphatic carbocycles. The van der Waals surface area contributed by atoms with Crippen molar-refractivity contribution in [2.45, 2.75) is 343 Å². The number of aliphatic hydroxyl groups is 1. The third kappa shape index (κ3) is 60.9. The largest absolute Gasteiger partial charge is 0.472 e. The lowest BCUT2D eigenvalue weighted by Crippen LogP contribution is -2.30. The first-order chi connectivity index (χ1) is 41.1. The minimum atomic E-state index is -4.95. The molecule has 0 aromatic heterocycles. The standard InChI is InChI=1S/C67H130O17P2/c1-57(2)43-35-27-19-14-12-10-9-11-13-15-22-31-39-47-64(69)77-53-62(84-67(72)50-42-34-24-18-21-29-37-45-59(5)6)55-81-85(73,74)79-51-61(68)52-80-86(75,76)82-56-63(54-78-65(70)48-40-32-26-25-30-38-46-60(7)8)83-66(71)49-41-33-23-17-16-20-28-36-44-58(3)4/h57-63,68H,9-56H2,1-8H3,(H,73,74)(H,75,76)/t61-,62-,63-/m1/s1. The van der Waals surface area contributed by atoms with E-state index in [2.05, 4.69) is 55.4 Å². The Labute approximate surface area is 524 Å². The smallest absolute Gasteiger partial charge is 0.462 e. The van der Waals surface area contributed by atoms with Crippen LogP contribution in [-0.2, 0) is 65.4 Å². The van der Waals surface area contributed by atoms with E-state index < -0.39 is 97.5 Å². The Balaban J connectivity index is 5.21. The second kappa shape index (κ2) is 57.0. The predicted molar refractivity (Wildman–Crippen MR) is 344 cm³/mol. The minimum Gasteiger partial charge on any atom is -0.462 e. The number of phosphoric ester groups is 2. The van der Waals surface area contributed by atoms with Crippen molar-refractivity contribution in [1.82, 2.24) is 0 Å². The van der Waals surface area contributed by atoms with Crippen molar-refractivity contribution in [3.63, 3.8) is 0 Å². The van der Waals surface area contributed by atoms with E-state index in [1.807, 2.05) is 0 Å². The Morgan fingerprint density at radius 3 is 0.721 bits per heavy atom. The van der Waals surface area contributed by atoms with Crippen molar-refractivity contribution in [2.24, 2.45) is 23.7 Å². The zero-order valence-electron chi connectivity index (χ0n) is 55.9. The van der Waals surface area contributed by atoms with Gasteiger partial charge in [0, 0.05) is 25.7 Å². The van der Waals surface area contributed by atoms with Gasteiger partial charge in [0.25, 0.3) is 0 Å². The first kappa shape index (κ1) is 84.1. The number of carbonyl (C=O) groups excluding carboxylic acids is 4. The molecule has 3 N–H and O–H groups in total. The van der Waals surface area contributed by atoms with Crippen LogP contribution >= 0.6 is 15.6 Å². The highest BCUT2D eigenvalue weighted by molar-refractivity contribution is 7.47. The van der Waals surface area contributed by atoms with Crippen LogP contribution < -0.4 is 0 Å². The summed E-state index contributed by atoms with van der Waals surface area (Å²) in [6.45, 7) is 14.0. The van der Waals surface area contributed by atoms with Gasteiger partial charge in [0.2, 0.25) is 0 Å². The molecule has 0 rings (SSSR count). The van der Waals surface area contributed by atoms with Crippen LogP contribution in [0.5, 0.6) is 0 Å². The van der Waals surface area contributed by atoms with Crippen LogP contribution in [0, 0.1) is 23.7 Å². The van der Waals surface area contributed by atoms with E-state index in [1.54, 1.807) is 0 Å². The fourth-order valence-corrected chi connectivity index (χ4v) is 11.5. The van der Waals surface area contributed by atoms with E-state index >= 15 is 0 Å². The van der Waals surface area contributed by atoms with Gasteiger partial charge in [-0.15, -0.1) is 0 Å². The molecule has 17 nitrogen and oxygen atoms in total. The highest BCUT2D eigenvalue weighted by Gasteiger charge is 2.30. The molecule has 0 aliphatic rings.